The molecule has 1 fully saturated rings. The van der Waals surface area contributed by atoms with E-state index in [0.29, 0.717) is 6.54 Å². The van der Waals surface area contributed by atoms with Crippen molar-refractivity contribution in [3.8, 4) is 11.1 Å². The van der Waals surface area contributed by atoms with Crippen LogP contribution in [0.4, 0.5) is 4.79 Å². The van der Waals surface area contributed by atoms with Crippen LogP contribution in [0.3, 0.4) is 0 Å². The lowest BCUT2D eigenvalue weighted by molar-refractivity contribution is -0.276. The van der Waals surface area contributed by atoms with E-state index < -0.39 is 18.3 Å². The number of carbonyl (C=O) groups excluding carboxylic acids is 2. The van der Waals surface area contributed by atoms with Crippen molar-refractivity contribution in [1.29, 1.82) is 0 Å². The molecule has 4 aromatic carbocycles. The molecule has 49 heavy (non-hydrogen) atoms. The van der Waals surface area contributed by atoms with Gasteiger partial charge in [0.05, 0.1) is 25.4 Å². The molecule has 5 atom stereocenters. The van der Waals surface area contributed by atoms with E-state index in [1.807, 2.05) is 66.7 Å². The first-order valence-electron chi connectivity index (χ1n) is 16.9. The second-order valence-electron chi connectivity index (χ2n) is 12.5. The zero-order valence-corrected chi connectivity index (χ0v) is 28.7. The fourth-order valence-corrected chi connectivity index (χ4v) is 6.06. The zero-order chi connectivity index (χ0) is 34.8. The van der Waals surface area contributed by atoms with E-state index in [4.69, 9.17) is 14.2 Å². The molecule has 4 aromatic rings. The number of nitrogens with zero attached hydrogens (tertiary/aromatic N) is 1. The van der Waals surface area contributed by atoms with Crippen LogP contribution in [-0.4, -0.2) is 54.9 Å². The normalized spacial score (nSPS) is 19.6. The van der Waals surface area contributed by atoms with Gasteiger partial charge in [-0.15, -0.1) is 0 Å². The van der Waals surface area contributed by atoms with Gasteiger partial charge in [-0.1, -0.05) is 104 Å². The number of hydrogen-bond acceptors (Lipinski definition) is 7. The molecular formula is C40H47N3O6. The maximum atomic E-state index is 12.1. The molecule has 9 heteroatoms. The van der Waals surface area contributed by atoms with E-state index in [2.05, 4.69) is 72.8 Å². The summed E-state index contributed by atoms with van der Waals surface area (Å²) >= 11 is 0. The van der Waals surface area contributed by atoms with Gasteiger partial charge in [0.2, 0.25) is 0 Å². The first-order chi connectivity index (χ1) is 23.7. The summed E-state index contributed by atoms with van der Waals surface area (Å²) in [4.78, 5) is 26.0. The number of esters is 1. The number of aliphatic hydroxyl groups is 1. The smallest absolute Gasteiger partial charge is 0.325 e. The Morgan fingerprint density at radius 3 is 2.27 bits per heavy atom. The average molecular weight is 666 g/mol. The predicted octanol–water partition coefficient (Wildman–Crippen LogP) is 6.69. The maximum absolute atomic E-state index is 12.1. The largest absolute Gasteiger partial charge is 0.465 e. The van der Waals surface area contributed by atoms with Gasteiger partial charge < -0.3 is 30.0 Å². The van der Waals surface area contributed by atoms with Crippen molar-refractivity contribution in [2.45, 2.75) is 58.5 Å². The Labute approximate surface area is 289 Å². The topological polar surface area (TPSA) is 109 Å². The van der Waals surface area contributed by atoms with Gasteiger partial charge in [-0.25, -0.2) is 4.79 Å². The third-order valence-corrected chi connectivity index (χ3v) is 9.13. The Hall–Kier alpha value is -4.54. The van der Waals surface area contributed by atoms with Crippen molar-refractivity contribution >= 4 is 12.0 Å². The molecule has 0 aliphatic carbocycles. The average Bonchev–Trinajstić information content (AvgIpc) is 3.14. The number of urea groups is 1. The van der Waals surface area contributed by atoms with E-state index in [1.165, 1.54) is 5.56 Å². The van der Waals surface area contributed by atoms with Crippen molar-refractivity contribution < 1.29 is 28.9 Å². The highest BCUT2D eigenvalue weighted by Crippen LogP contribution is 2.42. The molecular weight excluding hydrogens is 618 g/mol. The second-order valence-corrected chi connectivity index (χ2v) is 12.5. The first-order valence-corrected chi connectivity index (χ1v) is 16.9. The minimum atomic E-state index is -0.568. The highest BCUT2D eigenvalue weighted by atomic mass is 16.7. The van der Waals surface area contributed by atoms with Gasteiger partial charge in [0.25, 0.3) is 0 Å². The molecule has 3 N–H and O–H groups in total. The summed E-state index contributed by atoms with van der Waals surface area (Å²) in [6.07, 6.45) is -0.868. The summed E-state index contributed by atoms with van der Waals surface area (Å²) in [6, 6.07) is 34.4. The number of rotatable bonds is 13. The number of nitrogens with one attached hydrogen (secondary N) is 2. The first kappa shape index (κ1) is 35.8. The molecule has 1 aliphatic heterocycles. The molecule has 0 saturated carbocycles. The molecule has 1 saturated heterocycles. The van der Waals surface area contributed by atoms with Gasteiger partial charge in [0.1, 0.15) is 6.54 Å². The lowest BCUT2D eigenvalue weighted by Crippen LogP contribution is -2.44. The highest BCUT2D eigenvalue weighted by Gasteiger charge is 2.39. The van der Waals surface area contributed by atoms with Crippen molar-refractivity contribution in [1.82, 2.24) is 15.5 Å². The zero-order valence-electron chi connectivity index (χ0n) is 28.7. The fraction of sp³-hybridized carbons (Fsp3) is 0.350. The molecule has 258 valence electrons. The van der Waals surface area contributed by atoms with Gasteiger partial charge in [-0.2, -0.15) is 0 Å². The van der Waals surface area contributed by atoms with E-state index in [-0.39, 0.29) is 43.9 Å². The number of hydrogen-bond donors (Lipinski definition) is 3. The van der Waals surface area contributed by atoms with Crippen LogP contribution < -0.4 is 10.6 Å². The number of benzene rings is 4. The summed E-state index contributed by atoms with van der Waals surface area (Å²) in [6.45, 7) is 7.23. The minimum Gasteiger partial charge on any atom is -0.465 e. The summed E-state index contributed by atoms with van der Waals surface area (Å²) < 4.78 is 18.3. The Bertz CT molecular complexity index is 1650. The number of likely N-dealkylation sites (N-methyl/N-ethyl adjacent to an activating group) is 1. The second kappa shape index (κ2) is 17.2. The SMILES string of the molecule is CCOC(=O)CNC(=O)NCc1cccc(-c2ccc([C@@H]3O[C@H](CN(C)[C@@H](C)c4ccccc4)[C@H](C)[C@H](c4ccc(CO)cc4)O3)cc2)c1. The fourth-order valence-electron chi connectivity index (χ4n) is 6.06. The van der Waals surface area contributed by atoms with Crippen LogP contribution >= 0.6 is 0 Å². The van der Waals surface area contributed by atoms with Crippen LogP contribution in [0.1, 0.15) is 67.0 Å². The van der Waals surface area contributed by atoms with E-state index in [9.17, 15) is 14.7 Å². The minimum absolute atomic E-state index is 0.00386. The van der Waals surface area contributed by atoms with Crippen LogP contribution in [0.5, 0.6) is 0 Å². The molecule has 0 aromatic heterocycles. The van der Waals surface area contributed by atoms with Crippen LogP contribution in [0.25, 0.3) is 11.1 Å². The molecule has 1 aliphatic rings. The Balaban J connectivity index is 1.30. The molecule has 0 bridgehead atoms. The highest BCUT2D eigenvalue weighted by molar-refractivity contribution is 5.80. The molecule has 1 heterocycles. The summed E-state index contributed by atoms with van der Waals surface area (Å²) in [5.74, 6) is -0.404. The monoisotopic (exact) mass is 665 g/mol. The maximum Gasteiger partial charge on any atom is 0.325 e. The molecule has 0 spiro atoms. The van der Waals surface area contributed by atoms with Crippen molar-refractivity contribution in [3.63, 3.8) is 0 Å². The number of ether oxygens (including phenoxy) is 3. The molecule has 0 unspecified atom stereocenters. The number of carbonyl (C=O) groups is 2. The van der Waals surface area contributed by atoms with E-state index in [1.54, 1.807) is 6.92 Å². The van der Waals surface area contributed by atoms with Crippen molar-refractivity contribution in [2.24, 2.45) is 5.92 Å². The Morgan fingerprint density at radius 2 is 1.57 bits per heavy atom. The summed E-state index contributed by atoms with van der Waals surface area (Å²) in [5, 5.41) is 14.9. The Kier molecular flexibility index (Phi) is 12.6. The predicted molar refractivity (Wildman–Crippen MR) is 189 cm³/mol. The van der Waals surface area contributed by atoms with E-state index >= 15 is 0 Å². The third kappa shape index (κ3) is 9.55. The van der Waals surface area contributed by atoms with Crippen LogP contribution in [0, 0.1) is 5.92 Å². The lowest BCUT2D eigenvalue weighted by atomic mass is 9.89. The number of aliphatic hydroxyl groups excluding tert-OH is 1. The van der Waals surface area contributed by atoms with Crippen molar-refractivity contribution in [2.75, 3.05) is 26.7 Å². The van der Waals surface area contributed by atoms with Gasteiger partial charge in [-0.3, -0.25) is 9.69 Å². The van der Waals surface area contributed by atoms with Crippen LogP contribution in [-0.2, 0) is 32.2 Å². The van der Waals surface area contributed by atoms with Gasteiger partial charge in [-0.05, 0) is 60.3 Å². The quantitative estimate of drug-likeness (QED) is 0.137. The van der Waals surface area contributed by atoms with E-state index in [0.717, 1.165) is 39.9 Å². The van der Waals surface area contributed by atoms with Crippen molar-refractivity contribution in [3.05, 3.63) is 131 Å². The third-order valence-electron chi connectivity index (χ3n) is 9.13. The van der Waals surface area contributed by atoms with Gasteiger partial charge >= 0.3 is 12.0 Å². The molecule has 9 nitrogen and oxygen atoms in total. The lowest BCUT2D eigenvalue weighted by Gasteiger charge is -2.43. The standard InChI is InChI=1S/C40H47N3O6/c1-5-47-37(45)24-42-40(46)41-23-30-10-9-13-35(22-30)32-18-20-34(21-19-32)39-48-36(25-43(4)28(3)31-11-7-6-8-12-31)27(2)38(49-39)33-16-14-29(26-44)15-17-33/h6-22,27-28,36,38-39,44H,5,23-26H2,1-4H3,(H2,41,42,46)/t27-,28-,36+,38+,39+/m0/s1. The molecule has 0 radical (unpaired) electrons. The summed E-state index contributed by atoms with van der Waals surface area (Å²) in [5.41, 5.74) is 7.04. The summed E-state index contributed by atoms with van der Waals surface area (Å²) in [7, 11) is 2.14. The molecule has 5 rings (SSSR count). The van der Waals surface area contributed by atoms with Gasteiger partial charge in [0.15, 0.2) is 6.29 Å². The van der Waals surface area contributed by atoms with Crippen LogP contribution in [0.15, 0.2) is 103 Å². The van der Waals surface area contributed by atoms with Crippen LogP contribution in [0.2, 0.25) is 0 Å². The Morgan fingerprint density at radius 1 is 0.857 bits per heavy atom. The number of amides is 2. The molecule has 2 amide bonds. The van der Waals surface area contributed by atoms with Gasteiger partial charge in [0, 0.05) is 30.6 Å².